The van der Waals surface area contributed by atoms with Crippen molar-refractivity contribution in [2.75, 3.05) is 14.2 Å². The smallest absolute Gasteiger partial charge is 0.416 e. The number of methoxy groups -OCH3 is 1. The second-order valence-corrected chi connectivity index (χ2v) is 3.94. The molecule has 0 aliphatic carbocycles. The van der Waals surface area contributed by atoms with Crippen LogP contribution < -0.4 is 10.2 Å². The predicted molar refractivity (Wildman–Crippen MR) is 63.3 cm³/mol. The van der Waals surface area contributed by atoms with Gasteiger partial charge in [-0.1, -0.05) is 6.07 Å². The minimum atomic E-state index is -4.41. The number of nitrogens with zero attached hydrogens (tertiary/aromatic N) is 1. The third-order valence-corrected chi connectivity index (χ3v) is 2.59. The van der Waals surface area contributed by atoms with Gasteiger partial charge in [0.15, 0.2) is 0 Å². The van der Waals surface area contributed by atoms with E-state index in [9.17, 15) is 18.0 Å². The molecule has 4 nitrogen and oxygen atoms in total. The van der Waals surface area contributed by atoms with Crippen molar-refractivity contribution in [2.45, 2.75) is 19.6 Å². The summed E-state index contributed by atoms with van der Waals surface area (Å²) < 4.78 is 42.5. The van der Waals surface area contributed by atoms with Gasteiger partial charge in [0.25, 0.3) is 0 Å². The highest BCUT2D eigenvalue weighted by Gasteiger charge is 2.31. The van der Waals surface area contributed by atoms with Gasteiger partial charge in [-0.05, 0) is 12.1 Å². The highest BCUT2D eigenvalue weighted by atomic mass is 19.4. The maximum atomic E-state index is 12.5. The Morgan fingerprint density at radius 1 is 1.42 bits per heavy atom. The number of hydrazine groups is 1. The molecule has 0 saturated carbocycles. The Morgan fingerprint density at radius 2 is 2.05 bits per heavy atom. The van der Waals surface area contributed by atoms with Crippen LogP contribution in [0, 0.1) is 0 Å². The van der Waals surface area contributed by atoms with Crippen LogP contribution in [-0.2, 0) is 17.5 Å². The summed E-state index contributed by atoms with van der Waals surface area (Å²) >= 11 is 0. The number of benzene rings is 1. The van der Waals surface area contributed by atoms with Crippen LogP contribution >= 0.6 is 0 Å². The van der Waals surface area contributed by atoms with Gasteiger partial charge < -0.3 is 4.74 Å². The molecular weight excluding hydrogens is 261 g/mol. The van der Waals surface area contributed by atoms with Crippen LogP contribution in [0.2, 0.25) is 0 Å². The topological polar surface area (TPSA) is 41.6 Å². The lowest BCUT2D eigenvalue weighted by molar-refractivity contribution is -0.137. The first-order valence-electron chi connectivity index (χ1n) is 5.47. The lowest BCUT2D eigenvalue weighted by Crippen LogP contribution is -2.37. The van der Waals surface area contributed by atoms with Crippen LogP contribution in [0.5, 0.6) is 5.75 Å². The summed E-state index contributed by atoms with van der Waals surface area (Å²) in [7, 11) is 2.83. The number of carbonyl (C=O) groups excluding carboxylic acids is 1. The number of halogens is 3. The Bertz CT molecular complexity index is 461. The minimum absolute atomic E-state index is 0.124. The minimum Gasteiger partial charge on any atom is -0.496 e. The summed E-state index contributed by atoms with van der Waals surface area (Å²) in [5.74, 6) is -0.0786. The highest BCUT2D eigenvalue weighted by molar-refractivity contribution is 5.72. The summed E-state index contributed by atoms with van der Waals surface area (Å²) in [5.41, 5.74) is 2.51. The molecule has 1 amide bonds. The fraction of sp³-hybridized carbons (Fsp3) is 0.417. The van der Waals surface area contributed by atoms with Crippen molar-refractivity contribution in [1.82, 2.24) is 10.4 Å². The lowest BCUT2D eigenvalue weighted by atomic mass is 10.1. The molecule has 0 saturated heterocycles. The first-order chi connectivity index (χ1) is 8.75. The first-order valence-corrected chi connectivity index (χ1v) is 5.47. The summed E-state index contributed by atoms with van der Waals surface area (Å²) in [5, 5.41) is 1.25. The molecule has 0 unspecified atom stereocenters. The Labute approximate surface area is 109 Å². The Kier molecular flexibility index (Phi) is 4.77. The van der Waals surface area contributed by atoms with Gasteiger partial charge in [-0.2, -0.15) is 13.2 Å². The number of ether oxygens (including phenoxy) is 1. The van der Waals surface area contributed by atoms with E-state index in [0.29, 0.717) is 5.56 Å². The number of hydrogen-bond acceptors (Lipinski definition) is 3. The van der Waals surface area contributed by atoms with Crippen molar-refractivity contribution < 1.29 is 22.7 Å². The average molecular weight is 276 g/mol. The second kappa shape index (κ2) is 5.92. The maximum absolute atomic E-state index is 12.5. The van der Waals surface area contributed by atoms with Gasteiger partial charge in [0.1, 0.15) is 5.75 Å². The number of alkyl halides is 3. The van der Waals surface area contributed by atoms with E-state index in [1.165, 1.54) is 32.2 Å². The molecule has 0 spiro atoms. The molecule has 0 atom stereocenters. The predicted octanol–water partition coefficient (Wildman–Crippen LogP) is 2.20. The zero-order valence-electron chi connectivity index (χ0n) is 10.8. The maximum Gasteiger partial charge on any atom is 0.416 e. The zero-order chi connectivity index (χ0) is 14.6. The standard InChI is InChI=1S/C12H15F3N2O2/c1-8(18)17(2)16-7-9-4-5-10(12(13,14)15)6-11(9)19-3/h4-6,16H,7H2,1-3H3. The number of nitrogens with one attached hydrogen (secondary N) is 1. The largest absolute Gasteiger partial charge is 0.496 e. The highest BCUT2D eigenvalue weighted by Crippen LogP contribution is 2.32. The summed E-state index contributed by atoms with van der Waals surface area (Å²) in [6.07, 6.45) is -4.41. The third kappa shape index (κ3) is 4.13. The Balaban J connectivity index is 2.88. The first kappa shape index (κ1) is 15.3. The van der Waals surface area contributed by atoms with Crippen molar-refractivity contribution >= 4 is 5.91 Å². The number of rotatable bonds is 4. The molecule has 0 aliphatic rings. The van der Waals surface area contributed by atoms with E-state index in [1.807, 2.05) is 0 Å². The average Bonchev–Trinajstić information content (AvgIpc) is 2.34. The van der Waals surface area contributed by atoms with Gasteiger partial charge in [0.05, 0.1) is 12.7 Å². The van der Waals surface area contributed by atoms with Crippen LogP contribution in [0.15, 0.2) is 18.2 Å². The van der Waals surface area contributed by atoms with Crippen LogP contribution in [-0.4, -0.2) is 25.1 Å². The molecule has 19 heavy (non-hydrogen) atoms. The Morgan fingerprint density at radius 3 is 2.53 bits per heavy atom. The fourth-order valence-electron chi connectivity index (χ4n) is 1.38. The molecular formula is C12H15F3N2O2. The van der Waals surface area contributed by atoms with E-state index >= 15 is 0 Å². The fourth-order valence-corrected chi connectivity index (χ4v) is 1.38. The van der Waals surface area contributed by atoms with E-state index < -0.39 is 11.7 Å². The van der Waals surface area contributed by atoms with Crippen molar-refractivity contribution in [2.24, 2.45) is 0 Å². The second-order valence-electron chi connectivity index (χ2n) is 3.94. The van der Waals surface area contributed by atoms with Gasteiger partial charge >= 0.3 is 6.18 Å². The molecule has 1 N–H and O–H groups in total. The third-order valence-electron chi connectivity index (χ3n) is 2.59. The van der Waals surface area contributed by atoms with Gasteiger partial charge in [-0.25, -0.2) is 5.43 Å². The van der Waals surface area contributed by atoms with E-state index in [0.717, 1.165) is 12.1 Å². The van der Waals surface area contributed by atoms with Gasteiger partial charge in [-0.15, -0.1) is 0 Å². The lowest BCUT2D eigenvalue weighted by Gasteiger charge is -2.18. The molecule has 0 aliphatic heterocycles. The van der Waals surface area contributed by atoms with Crippen molar-refractivity contribution in [3.8, 4) is 5.75 Å². The SMILES string of the molecule is COc1cc(C(F)(F)F)ccc1CNN(C)C(C)=O. The van der Waals surface area contributed by atoms with Crippen LogP contribution in [0.25, 0.3) is 0 Å². The molecule has 1 aromatic rings. The van der Waals surface area contributed by atoms with Crippen LogP contribution in [0.4, 0.5) is 13.2 Å². The molecule has 0 aromatic heterocycles. The molecule has 1 rings (SSSR count). The number of hydrogen-bond donors (Lipinski definition) is 1. The summed E-state index contributed by atoms with van der Waals surface area (Å²) in [6, 6.07) is 3.24. The van der Waals surface area contributed by atoms with E-state index in [-0.39, 0.29) is 18.2 Å². The van der Waals surface area contributed by atoms with E-state index in [2.05, 4.69) is 5.43 Å². The van der Waals surface area contributed by atoms with E-state index in [4.69, 9.17) is 4.74 Å². The molecule has 0 radical (unpaired) electrons. The van der Waals surface area contributed by atoms with Gasteiger partial charge in [0.2, 0.25) is 5.91 Å². The van der Waals surface area contributed by atoms with E-state index in [1.54, 1.807) is 0 Å². The summed E-state index contributed by atoms with van der Waals surface area (Å²) in [4.78, 5) is 11.0. The molecule has 1 aromatic carbocycles. The Hall–Kier alpha value is -1.76. The molecule has 0 heterocycles. The summed E-state index contributed by atoms with van der Waals surface area (Å²) in [6.45, 7) is 1.56. The van der Waals surface area contributed by atoms with Gasteiger partial charge in [0, 0.05) is 26.1 Å². The van der Waals surface area contributed by atoms with Crippen LogP contribution in [0.1, 0.15) is 18.1 Å². The molecule has 0 bridgehead atoms. The molecule has 106 valence electrons. The van der Waals surface area contributed by atoms with Crippen molar-refractivity contribution in [3.63, 3.8) is 0 Å². The molecule has 7 heteroatoms. The molecule has 0 fully saturated rings. The van der Waals surface area contributed by atoms with Crippen LogP contribution in [0.3, 0.4) is 0 Å². The normalized spacial score (nSPS) is 11.3. The zero-order valence-corrected chi connectivity index (χ0v) is 10.8. The van der Waals surface area contributed by atoms with Crippen molar-refractivity contribution in [1.29, 1.82) is 0 Å². The van der Waals surface area contributed by atoms with Gasteiger partial charge in [-0.3, -0.25) is 9.80 Å². The monoisotopic (exact) mass is 276 g/mol. The number of amides is 1. The van der Waals surface area contributed by atoms with Crippen molar-refractivity contribution in [3.05, 3.63) is 29.3 Å². The number of carbonyl (C=O) groups is 1. The quantitative estimate of drug-likeness (QED) is 0.857.